The monoisotopic (exact) mass is 262 g/mol. The predicted octanol–water partition coefficient (Wildman–Crippen LogP) is -1.74. The Hall–Kier alpha value is 1.51. The van der Waals surface area contributed by atoms with Crippen LogP contribution in [0.4, 0.5) is 0 Å². The van der Waals surface area contributed by atoms with Gasteiger partial charge in [-0.1, -0.05) is 32.6 Å². The summed E-state index contributed by atoms with van der Waals surface area (Å²) in [4.78, 5) is 0. The molecule has 0 bridgehead atoms. The average Bonchev–Trinajstić information content (AvgIpc) is 2.01. The maximum Gasteiger partial charge on any atom is 1.00 e. The summed E-state index contributed by atoms with van der Waals surface area (Å²) in [7, 11) is -4.35. The molecule has 0 spiro atoms. The van der Waals surface area contributed by atoms with Crippen LogP contribution in [-0.4, -0.2) is 29.4 Å². The molecule has 0 saturated heterocycles. The quantitative estimate of drug-likeness (QED) is 0.335. The van der Waals surface area contributed by atoms with E-state index in [1.165, 1.54) is 6.92 Å². The van der Waals surface area contributed by atoms with E-state index in [4.69, 9.17) is 5.11 Å². The van der Waals surface area contributed by atoms with Crippen molar-refractivity contribution < 1.29 is 69.5 Å². The molecular weight excluding hydrogens is 243 g/mol. The summed E-state index contributed by atoms with van der Waals surface area (Å²) >= 11 is 0. The van der Waals surface area contributed by atoms with Crippen molar-refractivity contribution in [1.82, 2.24) is 0 Å². The first-order valence-corrected chi connectivity index (χ1v) is 6.49. The Labute approximate surface area is 135 Å². The fourth-order valence-corrected chi connectivity index (χ4v) is 2.34. The fourth-order valence-electron chi connectivity index (χ4n) is 1.40. The van der Waals surface area contributed by atoms with Crippen molar-refractivity contribution in [3.63, 3.8) is 0 Å². The molecule has 4 nitrogen and oxygen atoms in total. The molecule has 6 heteroatoms. The van der Waals surface area contributed by atoms with Crippen molar-refractivity contribution in [2.75, 3.05) is 0 Å². The molecule has 0 aliphatic heterocycles. The van der Waals surface area contributed by atoms with Gasteiger partial charge in [-0.3, -0.25) is 0 Å². The SMILES string of the molecule is CCCCCCC(C(C)O)S(=O)(=O)[O-].[K+]. The Morgan fingerprint density at radius 2 is 1.80 bits per heavy atom. The molecule has 0 fully saturated rings. The maximum atomic E-state index is 10.7. The standard InChI is InChI=1S/C9H20O4S.K/c1-3-4-5-6-7-9(8(2)10)14(11,12)13;/h8-10H,3-7H2,1-2H3,(H,11,12,13);/q;+1/p-1. The van der Waals surface area contributed by atoms with Crippen molar-refractivity contribution in [2.24, 2.45) is 0 Å². The van der Waals surface area contributed by atoms with Gasteiger partial charge < -0.3 is 9.66 Å². The van der Waals surface area contributed by atoms with Crippen LogP contribution in [0, 0.1) is 0 Å². The van der Waals surface area contributed by atoms with Gasteiger partial charge in [-0.2, -0.15) is 0 Å². The number of aliphatic hydroxyl groups is 1. The molecule has 0 aromatic carbocycles. The summed E-state index contributed by atoms with van der Waals surface area (Å²) in [5.41, 5.74) is 0. The van der Waals surface area contributed by atoms with E-state index in [0.717, 1.165) is 19.3 Å². The van der Waals surface area contributed by atoms with Gasteiger partial charge in [-0.25, -0.2) is 8.42 Å². The van der Waals surface area contributed by atoms with E-state index in [-0.39, 0.29) is 57.8 Å². The summed E-state index contributed by atoms with van der Waals surface area (Å²) in [5, 5.41) is 7.99. The Balaban J connectivity index is 0. The molecule has 0 aliphatic carbocycles. The zero-order valence-corrected chi connectivity index (χ0v) is 13.7. The van der Waals surface area contributed by atoms with E-state index in [2.05, 4.69) is 6.92 Å². The number of unbranched alkanes of at least 4 members (excludes halogenated alkanes) is 3. The van der Waals surface area contributed by atoms with Crippen LogP contribution in [0.3, 0.4) is 0 Å². The minimum atomic E-state index is -4.35. The summed E-state index contributed by atoms with van der Waals surface area (Å²) in [6, 6.07) is 0. The second-order valence-electron chi connectivity index (χ2n) is 3.62. The zero-order valence-electron chi connectivity index (χ0n) is 9.77. The van der Waals surface area contributed by atoms with Gasteiger partial charge in [0, 0.05) is 0 Å². The molecular formula is C9H19KO4S. The van der Waals surface area contributed by atoms with Crippen molar-refractivity contribution in [2.45, 2.75) is 57.3 Å². The first-order valence-electron chi connectivity index (χ1n) is 5.02. The molecule has 0 rings (SSSR count). The fraction of sp³-hybridized carbons (Fsp3) is 1.00. The van der Waals surface area contributed by atoms with Gasteiger partial charge >= 0.3 is 51.4 Å². The van der Waals surface area contributed by atoms with E-state index in [1.807, 2.05) is 0 Å². The molecule has 2 unspecified atom stereocenters. The molecule has 0 saturated carbocycles. The largest absolute Gasteiger partial charge is 1.00 e. The third kappa shape index (κ3) is 9.23. The van der Waals surface area contributed by atoms with Crippen LogP contribution in [0.15, 0.2) is 0 Å². The summed E-state index contributed by atoms with van der Waals surface area (Å²) in [5.74, 6) is 0. The Morgan fingerprint density at radius 3 is 2.13 bits per heavy atom. The van der Waals surface area contributed by atoms with Crippen LogP contribution in [0.1, 0.15) is 46.0 Å². The van der Waals surface area contributed by atoms with E-state index in [9.17, 15) is 13.0 Å². The van der Waals surface area contributed by atoms with Gasteiger partial charge in [0.15, 0.2) is 0 Å². The maximum absolute atomic E-state index is 10.7. The van der Waals surface area contributed by atoms with Crippen molar-refractivity contribution in [3.05, 3.63) is 0 Å². The molecule has 0 heterocycles. The van der Waals surface area contributed by atoms with Gasteiger partial charge in [-0.05, 0) is 13.3 Å². The van der Waals surface area contributed by atoms with E-state index < -0.39 is 21.5 Å². The first-order chi connectivity index (χ1) is 6.39. The van der Waals surface area contributed by atoms with Gasteiger partial charge in [0.1, 0.15) is 10.1 Å². The average molecular weight is 262 g/mol. The van der Waals surface area contributed by atoms with Crippen LogP contribution in [0.25, 0.3) is 0 Å². The molecule has 0 aromatic rings. The number of aliphatic hydroxyl groups excluding tert-OH is 1. The number of hydrogen-bond donors (Lipinski definition) is 1. The molecule has 0 aliphatic rings. The van der Waals surface area contributed by atoms with Gasteiger partial charge in [-0.15, -0.1) is 0 Å². The molecule has 0 aromatic heterocycles. The normalized spacial score (nSPS) is 15.5. The Bertz CT molecular complexity index is 238. The van der Waals surface area contributed by atoms with Crippen LogP contribution >= 0.6 is 0 Å². The van der Waals surface area contributed by atoms with Gasteiger partial charge in [0.05, 0.1) is 11.4 Å². The minimum Gasteiger partial charge on any atom is -0.748 e. The summed E-state index contributed by atoms with van der Waals surface area (Å²) in [6.45, 7) is 3.40. The number of rotatable bonds is 7. The minimum absolute atomic E-state index is 0. The second-order valence-corrected chi connectivity index (χ2v) is 5.21. The molecule has 0 radical (unpaired) electrons. The number of hydrogen-bond acceptors (Lipinski definition) is 4. The smallest absolute Gasteiger partial charge is 0.748 e. The van der Waals surface area contributed by atoms with Crippen molar-refractivity contribution >= 4 is 10.1 Å². The van der Waals surface area contributed by atoms with Crippen LogP contribution in [0.2, 0.25) is 0 Å². The molecule has 2 atom stereocenters. The summed E-state index contributed by atoms with van der Waals surface area (Å²) in [6.07, 6.45) is 2.89. The second kappa shape index (κ2) is 9.53. The Kier molecular flexibility index (Phi) is 12.0. The van der Waals surface area contributed by atoms with E-state index >= 15 is 0 Å². The molecule has 1 N–H and O–H groups in total. The third-order valence-electron chi connectivity index (χ3n) is 2.25. The van der Waals surface area contributed by atoms with E-state index in [1.54, 1.807) is 0 Å². The van der Waals surface area contributed by atoms with Crippen LogP contribution in [-0.2, 0) is 10.1 Å². The van der Waals surface area contributed by atoms with Crippen molar-refractivity contribution in [1.29, 1.82) is 0 Å². The van der Waals surface area contributed by atoms with Gasteiger partial charge in [0.2, 0.25) is 0 Å². The van der Waals surface area contributed by atoms with Crippen LogP contribution < -0.4 is 51.4 Å². The summed E-state index contributed by atoms with van der Waals surface area (Å²) < 4.78 is 32.2. The topological polar surface area (TPSA) is 77.4 Å². The van der Waals surface area contributed by atoms with Gasteiger partial charge in [0.25, 0.3) is 0 Å². The van der Waals surface area contributed by atoms with E-state index in [0.29, 0.717) is 6.42 Å². The molecule has 86 valence electrons. The molecule has 15 heavy (non-hydrogen) atoms. The first kappa shape index (κ1) is 18.9. The van der Waals surface area contributed by atoms with Crippen molar-refractivity contribution in [3.8, 4) is 0 Å². The Morgan fingerprint density at radius 1 is 1.27 bits per heavy atom. The zero-order chi connectivity index (χ0) is 11.2. The predicted molar refractivity (Wildman–Crippen MR) is 53.9 cm³/mol. The molecule has 0 amide bonds. The third-order valence-corrected chi connectivity index (χ3v) is 3.62. The van der Waals surface area contributed by atoms with Crippen LogP contribution in [0.5, 0.6) is 0 Å².